The van der Waals surface area contributed by atoms with E-state index in [9.17, 15) is 9.59 Å². The SMILES string of the molecule is O=C(CSc1nnc(-c2ccccc2)n1-c1ccccc1)c1c[nH]c(C(=O)N2CCCC2)c1. The number of thioether (sulfide) groups is 1. The molecule has 0 aliphatic carbocycles. The third-order valence-electron chi connectivity index (χ3n) is 5.64. The number of carbonyl (C=O) groups is 2. The number of aromatic amines is 1. The lowest BCUT2D eigenvalue weighted by molar-refractivity contribution is 0.0787. The van der Waals surface area contributed by atoms with Crippen molar-refractivity contribution < 1.29 is 9.59 Å². The average Bonchev–Trinajstić information content (AvgIpc) is 3.64. The van der Waals surface area contributed by atoms with Crippen LogP contribution < -0.4 is 0 Å². The maximum absolute atomic E-state index is 12.9. The minimum Gasteiger partial charge on any atom is -0.356 e. The maximum atomic E-state index is 12.9. The molecular weight excluding hydrogens is 434 g/mol. The zero-order chi connectivity index (χ0) is 22.6. The predicted molar refractivity (Wildman–Crippen MR) is 128 cm³/mol. The molecule has 166 valence electrons. The van der Waals surface area contributed by atoms with Gasteiger partial charge >= 0.3 is 0 Å². The van der Waals surface area contributed by atoms with E-state index < -0.39 is 0 Å². The van der Waals surface area contributed by atoms with E-state index in [0.29, 0.717) is 16.4 Å². The summed E-state index contributed by atoms with van der Waals surface area (Å²) >= 11 is 1.33. The number of hydrogen-bond donors (Lipinski definition) is 1. The molecule has 0 atom stereocenters. The second kappa shape index (κ2) is 9.46. The van der Waals surface area contributed by atoms with Crippen LogP contribution in [0, 0.1) is 0 Å². The molecule has 1 saturated heterocycles. The summed E-state index contributed by atoms with van der Waals surface area (Å²) in [6.45, 7) is 1.55. The monoisotopic (exact) mass is 457 g/mol. The fourth-order valence-electron chi connectivity index (χ4n) is 3.93. The van der Waals surface area contributed by atoms with Gasteiger partial charge in [-0.05, 0) is 31.0 Å². The van der Waals surface area contributed by atoms with Gasteiger partial charge in [0.25, 0.3) is 5.91 Å². The van der Waals surface area contributed by atoms with Crippen molar-refractivity contribution in [2.24, 2.45) is 0 Å². The van der Waals surface area contributed by atoms with Crippen LogP contribution in [-0.2, 0) is 0 Å². The van der Waals surface area contributed by atoms with Crippen molar-refractivity contribution in [3.8, 4) is 17.1 Å². The van der Waals surface area contributed by atoms with Gasteiger partial charge in [-0.1, -0.05) is 60.3 Å². The van der Waals surface area contributed by atoms with E-state index in [4.69, 9.17) is 0 Å². The summed E-state index contributed by atoms with van der Waals surface area (Å²) in [6.07, 6.45) is 3.67. The Balaban J connectivity index is 1.35. The molecule has 8 heteroatoms. The molecule has 3 heterocycles. The number of nitrogens with zero attached hydrogens (tertiary/aromatic N) is 4. The van der Waals surface area contributed by atoms with Crippen LogP contribution >= 0.6 is 11.8 Å². The van der Waals surface area contributed by atoms with Gasteiger partial charge in [0.1, 0.15) is 5.69 Å². The van der Waals surface area contributed by atoms with E-state index in [1.54, 1.807) is 12.3 Å². The molecule has 0 radical (unpaired) electrons. The minimum atomic E-state index is -0.0689. The van der Waals surface area contributed by atoms with Crippen molar-refractivity contribution in [1.29, 1.82) is 0 Å². The first-order valence-corrected chi connectivity index (χ1v) is 11.9. The number of Topliss-reactive ketones (excluding diaryl/α,β-unsaturated/α-hetero) is 1. The van der Waals surface area contributed by atoms with Gasteiger partial charge in [0, 0.05) is 36.1 Å². The zero-order valence-corrected chi connectivity index (χ0v) is 18.8. The number of rotatable bonds is 7. The number of para-hydroxylation sites is 1. The van der Waals surface area contributed by atoms with Crippen LogP contribution in [0.15, 0.2) is 78.1 Å². The van der Waals surface area contributed by atoms with Gasteiger partial charge in [0.05, 0.1) is 5.75 Å². The van der Waals surface area contributed by atoms with Gasteiger partial charge in [-0.2, -0.15) is 0 Å². The quantitative estimate of drug-likeness (QED) is 0.327. The van der Waals surface area contributed by atoms with E-state index in [0.717, 1.165) is 43.0 Å². The molecule has 1 aliphatic rings. The van der Waals surface area contributed by atoms with E-state index in [1.165, 1.54) is 11.8 Å². The number of hydrogen-bond acceptors (Lipinski definition) is 5. The number of H-pyrrole nitrogens is 1. The van der Waals surface area contributed by atoms with Crippen LogP contribution in [0.25, 0.3) is 17.1 Å². The second-order valence-corrected chi connectivity index (χ2v) is 8.80. The number of likely N-dealkylation sites (tertiary alicyclic amines) is 1. The molecule has 0 unspecified atom stereocenters. The van der Waals surface area contributed by atoms with Crippen molar-refractivity contribution in [3.63, 3.8) is 0 Å². The summed E-state index contributed by atoms with van der Waals surface area (Å²) in [7, 11) is 0. The minimum absolute atomic E-state index is 0.0458. The van der Waals surface area contributed by atoms with Crippen molar-refractivity contribution in [3.05, 3.63) is 84.2 Å². The Morgan fingerprint density at radius 1 is 0.939 bits per heavy atom. The van der Waals surface area contributed by atoms with Crippen LogP contribution in [0.1, 0.15) is 33.7 Å². The van der Waals surface area contributed by atoms with Crippen LogP contribution in [0.2, 0.25) is 0 Å². The van der Waals surface area contributed by atoms with Gasteiger partial charge in [0.2, 0.25) is 0 Å². The Bertz CT molecular complexity index is 1260. The van der Waals surface area contributed by atoms with Gasteiger partial charge in [-0.25, -0.2) is 0 Å². The molecule has 0 bridgehead atoms. The maximum Gasteiger partial charge on any atom is 0.270 e. The van der Waals surface area contributed by atoms with E-state index in [1.807, 2.05) is 70.1 Å². The Hall–Kier alpha value is -3.65. The van der Waals surface area contributed by atoms with E-state index >= 15 is 0 Å². The number of aromatic nitrogens is 4. The lowest BCUT2D eigenvalue weighted by Crippen LogP contribution is -2.27. The summed E-state index contributed by atoms with van der Waals surface area (Å²) in [5, 5.41) is 9.42. The second-order valence-electron chi connectivity index (χ2n) is 7.86. The summed E-state index contributed by atoms with van der Waals surface area (Å²) in [5.41, 5.74) is 2.84. The third-order valence-corrected chi connectivity index (χ3v) is 6.57. The predicted octanol–water partition coefficient (Wildman–Crippen LogP) is 4.47. The van der Waals surface area contributed by atoms with Gasteiger partial charge in [-0.3, -0.25) is 14.2 Å². The molecule has 1 aliphatic heterocycles. The largest absolute Gasteiger partial charge is 0.356 e. The molecule has 33 heavy (non-hydrogen) atoms. The molecule has 1 fully saturated rings. The van der Waals surface area contributed by atoms with Crippen LogP contribution in [0.4, 0.5) is 0 Å². The highest BCUT2D eigenvalue weighted by Crippen LogP contribution is 2.28. The summed E-state index contributed by atoms with van der Waals surface area (Å²) < 4.78 is 1.97. The molecule has 0 spiro atoms. The Morgan fingerprint density at radius 2 is 1.64 bits per heavy atom. The van der Waals surface area contributed by atoms with Crippen molar-refractivity contribution in [2.45, 2.75) is 18.0 Å². The number of amides is 1. The van der Waals surface area contributed by atoms with Gasteiger partial charge < -0.3 is 9.88 Å². The molecule has 1 amide bonds. The standard InChI is InChI=1S/C25H23N5O2S/c31-22(19-15-21(26-16-19)24(32)29-13-7-8-14-29)17-33-25-28-27-23(18-9-3-1-4-10-18)30(25)20-11-5-2-6-12-20/h1-6,9-12,15-16,26H,7-8,13-14,17H2. The lowest BCUT2D eigenvalue weighted by Gasteiger charge is -2.13. The first-order chi connectivity index (χ1) is 16.2. The molecule has 4 aromatic rings. The number of ketones is 1. The van der Waals surface area contributed by atoms with E-state index in [2.05, 4.69) is 15.2 Å². The molecule has 7 nitrogen and oxygen atoms in total. The van der Waals surface area contributed by atoms with Gasteiger partial charge in [-0.15, -0.1) is 10.2 Å². The number of carbonyl (C=O) groups excluding carboxylic acids is 2. The topological polar surface area (TPSA) is 83.9 Å². The average molecular weight is 458 g/mol. The zero-order valence-electron chi connectivity index (χ0n) is 18.0. The molecule has 1 N–H and O–H groups in total. The summed E-state index contributed by atoms with van der Waals surface area (Å²) in [6, 6.07) is 21.4. The Labute approximate surface area is 195 Å². The summed E-state index contributed by atoms with van der Waals surface area (Å²) in [4.78, 5) is 30.2. The Morgan fingerprint density at radius 3 is 2.36 bits per heavy atom. The van der Waals surface area contributed by atoms with Gasteiger partial charge in [0.15, 0.2) is 16.8 Å². The van der Waals surface area contributed by atoms with E-state index in [-0.39, 0.29) is 17.4 Å². The van der Waals surface area contributed by atoms with Crippen LogP contribution in [-0.4, -0.2) is 55.2 Å². The first-order valence-electron chi connectivity index (χ1n) is 10.9. The summed E-state index contributed by atoms with van der Waals surface area (Å²) in [5.74, 6) is 0.794. The fraction of sp³-hybridized carbons (Fsp3) is 0.200. The molecule has 2 aromatic carbocycles. The Kier molecular flexibility index (Phi) is 6.08. The molecular formula is C25H23N5O2S. The molecule has 5 rings (SSSR count). The van der Waals surface area contributed by atoms with Crippen molar-refractivity contribution >= 4 is 23.5 Å². The smallest absolute Gasteiger partial charge is 0.270 e. The normalized spacial score (nSPS) is 13.4. The highest BCUT2D eigenvalue weighted by atomic mass is 32.2. The lowest BCUT2D eigenvalue weighted by atomic mass is 10.2. The fourth-order valence-corrected chi connectivity index (χ4v) is 4.78. The van der Waals surface area contributed by atoms with Crippen molar-refractivity contribution in [1.82, 2.24) is 24.6 Å². The third kappa shape index (κ3) is 4.47. The highest BCUT2D eigenvalue weighted by Gasteiger charge is 2.22. The molecule has 2 aromatic heterocycles. The highest BCUT2D eigenvalue weighted by molar-refractivity contribution is 7.99. The number of benzene rings is 2. The van der Waals surface area contributed by atoms with Crippen LogP contribution in [0.3, 0.4) is 0 Å². The van der Waals surface area contributed by atoms with Crippen LogP contribution in [0.5, 0.6) is 0 Å². The number of nitrogens with one attached hydrogen (secondary N) is 1. The first kappa shape index (κ1) is 21.2. The van der Waals surface area contributed by atoms with Crippen molar-refractivity contribution in [2.75, 3.05) is 18.8 Å². The molecule has 0 saturated carbocycles.